The van der Waals surface area contributed by atoms with Crippen LogP contribution in [0.15, 0.2) is 60.7 Å². The molecule has 2 aromatic rings. The third-order valence-corrected chi connectivity index (χ3v) is 11.0. The molecule has 1 amide bonds. The van der Waals surface area contributed by atoms with Gasteiger partial charge in [-0.2, -0.15) is 0 Å². The lowest BCUT2D eigenvalue weighted by molar-refractivity contribution is -0.252. The second-order valence-corrected chi connectivity index (χ2v) is 13.6. The van der Waals surface area contributed by atoms with Gasteiger partial charge in [0.1, 0.15) is 24.4 Å². The van der Waals surface area contributed by atoms with E-state index in [1.165, 1.54) is 6.92 Å². The fourth-order valence-electron chi connectivity index (χ4n) is 4.44. The summed E-state index contributed by atoms with van der Waals surface area (Å²) in [4.78, 5) is 11.4. The molecule has 7 nitrogen and oxygen atoms in total. The van der Waals surface area contributed by atoms with Crippen molar-refractivity contribution in [1.29, 1.82) is 0 Å². The van der Waals surface area contributed by atoms with Gasteiger partial charge in [0.2, 0.25) is 5.91 Å². The number of carbonyl (C=O) groups is 1. The molecule has 5 atom stereocenters. The number of benzene rings is 2. The van der Waals surface area contributed by atoms with Crippen molar-refractivity contribution in [2.24, 2.45) is 0 Å². The van der Waals surface area contributed by atoms with Gasteiger partial charge in [-0.3, -0.25) is 4.79 Å². The molecule has 1 aliphatic heterocycles. The smallest absolute Gasteiger partial charge is 0.261 e. The normalized spacial score (nSPS) is 26.5. The van der Waals surface area contributed by atoms with Crippen LogP contribution in [-0.2, 0) is 14.0 Å². The van der Waals surface area contributed by atoms with Crippen molar-refractivity contribution in [3.8, 4) is 0 Å². The van der Waals surface area contributed by atoms with Gasteiger partial charge in [-0.05, 0) is 15.4 Å². The Morgan fingerprint density at radius 1 is 0.969 bits per heavy atom. The molecule has 0 saturated carbocycles. The van der Waals surface area contributed by atoms with E-state index in [0.29, 0.717) is 0 Å². The Kier molecular flexibility index (Phi) is 7.54. The maximum atomic E-state index is 11.4. The standard InChI is InChI=1S/C24H33NO6Si/c1-16(26)25-20-22(28)21(27)19(31-23(20)29)15-30-32(24(2,3)4,17-11-7-5-8-12-17)18-13-9-6-10-14-18/h5-14,19-23,27-29H,15H2,1-4H3,(H,25,26)/t19-,20-,21-,22-,23-/m1/s1. The summed E-state index contributed by atoms with van der Waals surface area (Å²) in [7, 11) is -2.87. The lowest BCUT2D eigenvalue weighted by Gasteiger charge is -2.46. The Morgan fingerprint density at radius 3 is 1.91 bits per heavy atom. The zero-order valence-electron chi connectivity index (χ0n) is 18.9. The van der Waals surface area contributed by atoms with Crippen molar-refractivity contribution in [3.05, 3.63) is 60.7 Å². The number of aliphatic hydroxyl groups is 3. The summed E-state index contributed by atoms with van der Waals surface area (Å²) in [5, 5.41) is 35.8. The van der Waals surface area contributed by atoms with Gasteiger partial charge in [-0.15, -0.1) is 0 Å². The summed E-state index contributed by atoms with van der Waals surface area (Å²) in [5.74, 6) is -0.439. The third kappa shape index (κ3) is 4.80. The Hall–Kier alpha value is -2.07. The Morgan fingerprint density at radius 2 is 1.47 bits per heavy atom. The Balaban J connectivity index is 1.94. The second kappa shape index (κ2) is 9.82. The van der Waals surface area contributed by atoms with E-state index in [-0.39, 0.29) is 11.6 Å². The van der Waals surface area contributed by atoms with Crippen LogP contribution in [0, 0.1) is 0 Å². The Bertz CT molecular complexity index is 849. The molecule has 0 aliphatic carbocycles. The number of aliphatic hydroxyl groups excluding tert-OH is 3. The topological polar surface area (TPSA) is 108 Å². The number of rotatable bonds is 6. The van der Waals surface area contributed by atoms with Gasteiger partial charge in [-0.1, -0.05) is 81.4 Å². The first-order valence-corrected chi connectivity index (χ1v) is 12.7. The lowest BCUT2D eigenvalue weighted by atomic mass is 9.97. The molecule has 3 rings (SSSR count). The summed E-state index contributed by atoms with van der Waals surface area (Å²) in [5.41, 5.74) is 0. The van der Waals surface area contributed by atoms with Crippen LogP contribution in [0.3, 0.4) is 0 Å². The highest BCUT2D eigenvalue weighted by atomic mass is 28.4. The SMILES string of the molecule is CC(=O)N[C@@H]1[C@@H](O)[C@H](O)[C@@H](CO[Si](c2ccccc2)(c2ccccc2)C(C)(C)C)O[C@H]1O. The first-order valence-electron chi connectivity index (χ1n) is 10.8. The number of carbonyl (C=O) groups excluding carboxylic acids is 1. The molecular weight excluding hydrogens is 426 g/mol. The molecule has 0 spiro atoms. The highest BCUT2D eigenvalue weighted by Crippen LogP contribution is 2.37. The predicted octanol–water partition coefficient (Wildman–Crippen LogP) is 0.507. The van der Waals surface area contributed by atoms with Gasteiger partial charge in [0.05, 0.1) is 6.61 Å². The predicted molar refractivity (Wildman–Crippen MR) is 124 cm³/mol. The molecule has 1 aliphatic rings. The second-order valence-electron chi connectivity index (χ2n) is 9.25. The fourth-order valence-corrected chi connectivity index (χ4v) is 9.01. The minimum Gasteiger partial charge on any atom is -0.405 e. The molecule has 0 aromatic heterocycles. The number of hydrogen-bond donors (Lipinski definition) is 4. The summed E-state index contributed by atoms with van der Waals surface area (Å²) in [6.45, 7) is 7.63. The molecule has 8 heteroatoms. The lowest BCUT2D eigenvalue weighted by Crippen LogP contribution is -2.69. The van der Waals surface area contributed by atoms with E-state index in [0.717, 1.165) is 10.4 Å². The van der Waals surface area contributed by atoms with Crippen LogP contribution >= 0.6 is 0 Å². The monoisotopic (exact) mass is 459 g/mol. The van der Waals surface area contributed by atoms with Gasteiger partial charge in [0.25, 0.3) is 8.32 Å². The number of hydrogen-bond acceptors (Lipinski definition) is 6. The molecule has 32 heavy (non-hydrogen) atoms. The van der Waals surface area contributed by atoms with E-state index >= 15 is 0 Å². The zero-order chi connectivity index (χ0) is 23.5. The van der Waals surface area contributed by atoms with Crippen LogP contribution in [0.25, 0.3) is 0 Å². The van der Waals surface area contributed by atoms with Crippen LogP contribution in [-0.4, -0.2) is 66.8 Å². The van der Waals surface area contributed by atoms with Crippen molar-refractivity contribution in [2.75, 3.05) is 6.61 Å². The highest BCUT2D eigenvalue weighted by molar-refractivity contribution is 6.99. The maximum absolute atomic E-state index is 11.4. The van der Waals surface area contributed by atoms with E-state index in [1.807, 2.05) is 36.4 Å². The van der Waals surface area contributed by atoms with Crippen LogP contribution in [0.2, 0.25) is 5.04 Å². The van der Waals surface area contributed by atoms with Gasteiger partial charge >= 0.3 is 0 Å². The van der Waals surface area contributed by atoms with Crippen LogP contribution in [0.5, 0.6) is 0 Å². The zero-order valence-corrected chi connectivity index (χ0v) is 19.9. The van der Waals surface area contributed by atoms with Gasteiger partial charge in [-0.25, -0.2) is 0 Å². The van der Waals surface area contributed by atoms with Crippen LogP contribution in [0.1, 0.15) is 27.7 Å². The average molecular weight is 460 g/mol. The average Bonchev–Trinajstić information content (AvgIpc) is 2.75. The summed E-state index contributed by atoms with van der Waals surface area (Å²) in [6.07, 6.45) is -5.17. The van der Waals surface area contributed by atoms with Crippen molar-refractivity contribution in [2.45, 2.75) is 63.4 Å². The largest absolute Gasteiger partial charge is 0.405 e. The van der Waals surface area contributed by atoms with Crippen molar-refractivity contribution >= 4 is 24.6 Å². The Labute approximate surface area is 190 Å². The van der Waals surface area contributed by atoms with E-state index in [9.17, 15) is 20.1 Å². The number of amides is 1. The van der Waals surface area contributed by atoms with E-state index in [2.05, 4.69) is 50.4 Å². The molecule has 4 N–H and O–H groups in total. The molecule has 1 saturated heterocycles. The van der Waals surface area contributed by atoms with Gasteiger partial charge in [0, 0.05) is 6.92 Å². The summed E-state index contributed by atoms with van der Waals surface area (Å²) in [6, 6.07) is 18.9. The number of ether oxygens (including phenoxy) is 1. The summed E-state index contributed by atoms with van der Waals surface area (Å²) < 4.78 is 12.3. The van der Waals surface area contributed by atoms with E-state index in [1.54, 1.807) is 0 Å². The van der Waals surface area contributed by atoms with E-state index in [4.69, 9.17) is 9.16 Å². The number of nitrogens with one attached hydrogen (secondary N) is 1. The van der Waals surface area contributed by atoms with Crippen LogP contribution in [0.4, 0.5) is 0 Å². The minimum absolute atomic E-state index is 0.0324. The van der Waals surface area contributed by atoms with Crippen molar-refractivity contribution in [3.63, 3.8) is 0 Å². The third-order valence-electron chi connectivity index (χ3n) is 5.97. The van der Waals surface area contributed by atoms with E-state index < -0.39 is 44.9 Å². The molecule has 174 valence electrons. The minimum atomic E-state index is -2.87. The molecule has 0 unspecified atom stereocenters. The molecule has 2 aromatic carbocycles. The highest BCUT2D eigenvalue weighted by Gasteiger charge is 2.52. The van der Waals surface area contributed by atoms with Crippen LogP contribution < -0.4 is 15.7 Å². The first kappa shape index (κ1) is 24.6. The van der Waals surface area contributed by atoms with Crippen molar-refractivity contribution < 1.29 is 29.3 Å². The fraction of sp³-hybridized carbons (Fsp3) is 0.458. The molecular formula is C24H33NO6Si. The van der Waals surface area contributed by atoms with Gasteiger partial charge < -0.3 is 29.8 Å². The summed E-state index contributed by atoms with van der Waals surface area (Å²) >= 11 is 0. The quantitative estimate of drug-likeness (QED) is 0.469. The van der Waals surface area contributed by atoms with Gasteiger partial charge in [0.15, 0.2) is 6.29 Å². The molecule has 0 bridgehead atoms. The van der Waals surface area contributed by atoms with Crippen molar-refractivity contribution in [1.82, 2.24) is 5.32 Å². The first-order chi connectivity index (χ1) is 15.1. The molecule has 1 heterocycles. The molecule has 1 fully saturated rings. The molecule has 0 radical (unpaired) electrons. The maximum Gasteiger partial charge on any atom is 0.261 e.